The smallest absolute Gasteiger partial charge is 0.270 e. The predicted molar refractivity (Wildman–Crippen MR) is 78.3 cm³/mol. The van der Waals surface area contributed by atoms with Crippen molar-refractivity contribution < 1.29 is 0 Å². The van der Waals surface area contributed by atoms with E-state index in [4.69, 9.17) is 11.1 Å². The molecule has 1 fully saturated rings. The summed E-state index contributed by atoms with van der Waals surface area (Å²) in [5.74, 6) is 6.28. The Hall–Kier alpha value is -2.55. The molecule has 2 aromatic rings. The minimum Gasteiger partial charge on any atom is -0.336 e. The molecule has 2 N–H and O–H groups in total. The second kappa shape index (κ2) is 5.44. The standard InChI is InChI=1S/C15H17N5O/c16-9-11-1-3-12(4-2-11)14-7-13(8-15(21)20(14)17)19-6-5-18-10-19/h5-8,10-12H,1-4,17H2. The fourth-order valence-corrected chi connectivity index (χ4v) is 2.98. The van der Waals surface area contributed by atoms with Gasteiger partial charge < -0.3 is 10.4 Å². The van der Waals surface area contributed by atoms with Crippen molar-refractivity contribution in [2.45, 2.75) is 31.6 Å². The van der Waals surface area contributed by atoms with Crippen LogP contribution in [0.2, 0.25) is 0 Å². The van der Waals surface area contributed by atoms with Gasteiger partial charge in [0.25, 0.3) is 5.56 Å². The minimum absolute atomic E-state index is 0.135. The molecule has 108 valence electrons. The minimum atomic E-state index is -0.224. The molecule has 0 aliphatic heterocycles. The highest BCUT2D eigenvalue weighted by atomic mass is 16.1. The molecule has 0 spiro atoms. The van der Waals surface area contributed by atoms with E-state index in [-0.39, 0.29) is 17.4 Å². The zero-order chi connectivity index (χ0) is 14.8. The van der Waals surface area contributed by atoms with Crippen LogP contribution in [0.5, 0.6) is 0 Å². The molecular weight excluding hydrogens is 266 g/mol. The Morgan fingerprint density at radius 1 is 1.29 bits per heavy atom. The maximum absolute atomic E-state index is 12.1. The molecule has 1 aliphatic carbocycles. The summed E-state index contributed by atoms with van der Waals surface area (Å²) in [6.45, 7) is 0. The van der Waals surface area contributed by atoms with Crippen molar-refractivity contribution in [3.8, 4) is 11.8 Å². The largest absolute Gasteiger partial charge is 0.336 e. The van der Waals surface area contributed by atoms with Crippen molar-refractivity contribution in [1.82, 2.24) is 14.2 Å². The molecule has 2 aromatic heterocycles. The molecular formula is C15H17N5O. The molecule has 0 aromatic carbocycles. The molecule has 1 saturated carbocycles. The lowest BCUT2D eigenvalue weighted by Gasteiger charge is -2.26. The molecule has 1 aliphatic rings. The van der Waals surface area contributed by atoms with E-state index < -0.39 is 0 Å². The number of hydrogen-bond acceptors (Lipinski definition) is 4. The summed E-state index contributed by atoms with van der Waals surface area (Å²) in [6.07, 6.45) is 8.64. The Morgan fingerprint density at radius 2 is 2.05 bits per heavy atom. The number of imidazole rings is 1. The van der Waals surface area contributed by atoms with Crippen LogP contribution in [0.1, 0.15) is 37.3 Å². The van der Waals surface area contributed by atoms with Crippen molar-refractivity contribution in [1.29, 1.82) is 5.26 Å². The van der Waals surface area contributed by atoms with Crippen molar-refractivity contribution in [2.24, 2.45) is 5.92 Å². The molecule has 6 nitrogen and oxygen atoms in total. The van der Waals surface area contributed by atoms with E-state index in [9.17, 15) is 4.79 Å². The van der Waals surface area contributed by atoms with E-state index in [1.807, 2.05) is 6.07 Å². The number of pyridine rings is 1. The molecule has 0 atom stereocenters. The molecule has 21 heavy (non-hydrogen) atoms. The fraction of sp³-hybridized carbons (Fsp3) is 0.400. The Morgan fingerprint density at radius 3 is 2.67 bits per heavy atom. The van der Waals surface area contributed by atoms with Crippen molar-refractivity contribution >= 4 is 0 Å². The quantitative estimate of drug-likeness (QED) is 0.847. The maximum Gasteiger partial charge on any atom is 0.270 e. The van der Waals surface area contributed by atoms with Gasteiger partial charge in [-0.3, -0.25) is 4.79 Å². The van der Waals surface area contributed by atoms with Crippen LogP contribution < -0.4 is 11.4 Å². The highest BCUT2D eigenvalue weighted by Gasteiger charge is 2.24. The van der Waals surface area contributed by atoms with Crippen LogP contribution in [0.15, 0.2) is 35.6 Å². The predicted octanol–water partition coefficient (Wildman–Crippen LogP) is 1.55. The lowest BCUT2D eigenvalue weighted by molar-refractivity contribution is 0.372. The van der Waals surface area contributed by atoms with Crippen molar-refractivity contribution in [3.05, 3.63) is 46.9 Å². The summed E-state index contributed by atoms with van der Waals surface area (Å²) < 4.78 is 3.03. The van der Waals surface area contributed by atoms with Crippen LogP contribution in [-0.4, -0.2) is 14.2 Å². The topological polar surface area (TPSA) is 89.6 Å². The van der Waals surface area contributed by atoms with Gasteiger partial charge in [-0.05, 0) is 31.7 Å². The Kier molecular flexibility index (Phi) is 3.48. The van der Waals surface area contributed by atoms with Crippen LogP contribution in [0.25, 0.3) is 5.69 Å². The van der Waals surface area contributed by atoms with Gasteiger partial charge in [0.05, 0.1) is 18.1 Å². The van der Waals surface area contributed by atoms with E-state index >= 15 is 0 Å². The highest BCUT2D eigenvalue weighted by molar-refractivity contribution is 5.34. The number of aromatic nitrogens is 3. The first-order valence-corrected chi connectivity index (χ1v) is 7.09. The lowest BCUT2D eigenvalue weighted by atomic mass is 9.81. The summed E-state index contributed by atoms with van der Waals surface area (Å²) in [4.78, 5) is 16.1. The highest BCUT2D eigenvalue weighted by Crippen LogP contribution is 2.35. The zero-order valence-electron chi connectivity index (χ0n) is 11.6. The van der Waals surface area contributed by atoms with Crippen LogP contribution in [-0.2, 0) is 0 Å². The SMILES string of the molecule is N#CC1CCC(c2cc(-n3ccnc3)cc(=O)n2N)CC1. The van der Waals surface area contributed by atoms with Gasteiger partial charge in [0, 0.05) is 36.0 Å². The van der Waals surface area contributed by atoms with Gasteiger partial charge in [0.1, 0.15) is 0 Å². The summed E-state index contributed by atoms with van der Waals surface area (Å²) in [5, 5.41) is 8.98. The molecule has 6 heteroatoms. The average molecular weight is 283 g/mol. The zero-order valence-corrected chi connectivity index (χ0v) is 11.6. The third-order valence-electron chi connectivity index (χ3n) is 4.21. The first-order chi connectivity index (χ1) is 10.2. The molecule has 3 rings (SSSR count). The van der Waals surface area contributed by atoms with Crippen LogP contribution in [0, 0.1) is 17.2 Å². The van der Waals surface area contributed by atoms with Crippen molar-refractivity contribution in [3.63, 3.8) is 0 Å². The molecule has 0 unspecified atom stereocenters. The van der Waals surface area contributed by atoms with E-state index in [0.29, 0.717) is 0 Å². The normalized spacial score (nSPS) is 21.9. The van der Waals surface area contributed by atoms with Crippen LogP contribution in [0.3, 0.4) is 0 Å². The number of nitrogens with two attached hydrogens (primary N) is 1. The van der Waals surface area contributed by atoms with Crippen LogP contribution >= 0.6 is 0 Å². The summed E-state index contributed by atoms with van der Waals surface area (Å²) in [6, 6.07) is 5.77. The van der Waals surface area contributed by atoms with E-state index in [1.54, 1.807) is 23.3 Å². The number of rotatable bonds is 2. The Labute approximate surface area is 122 Å². The summed E-state index contributed by atoms with van der Waals surface area (Å²) in [7, 11) is 0. The van der Waals surface area contributed by atoms with Gasteiger partial charge in [0.2, 0.25) is 0 Å². The monoisotopic (exact) mass is 283 g/mol. The third-order valence-corrected chi connectivity index (χ3v) is 4.21. The molecule has 0 saturated heterocycles. The van der Waals surface area contributed by atoms with Crippen LogP contribution in [0.4, 0.5) is 0 Å². The Balaban J connectivity index is 1.95. The fourth-order valence-electron chi connectivity index (χ4n) is 2.98. The third kappa shape index (κ3) is 2.55. The molecule has 2 heterocycles. The van der Waals surface area contributed by atoms with Gasteiger partial charge in [-0.25, -0.2) is 9.66 Å². The van der Waals surface area contributed by atoms with Crippen molar-refractivity contribution in [2.75, 3.05) is 5.84 Å². The van der Waals surface area contributed by atoms with Gasteiger partial charge in [-0.2, -0.15) is 5.26 Å². The summed E-state index contributed by atoms with van der Waals surface area (Å²) >= 11 is 0. The van der Waals surface area contributed by atoms with Gasteiger partial charge in [-0.1, -0.05) is 0 Å². The lowest BCUT2D eigenvalue weighted by Crippen LogP contribution is -2.32. The second-order valence-electron chi connectivity index (χ2n) is 5.49. The number of nitrogen functional groups attached to an aromatic ring is 1. The van der Waals surface area contributed by atoms with E-state index in [1.165, 1.54) is 10.7 Å². The Bertz CT molecular complexity index is 718. The summed E-state index contributed by atoms with van der Waals surface area (Å²) in [5.41, 5.74) is 1.39. The number of hydrogen-bond donors (Lipinski definition) is 1. The number of nitrogens with zero attached hydrogens (tertiary/aromatic N) is 4. The number of nitriles is 1. The first kappa shape index (κ1) is 13.4. The van der Waals surface area contributed by atoms with E-state index in [2.05, 4.69) is 11.1 Å². The maximum atomic E-state index is 12.1. The van der Waals surface area contributed by atoms with Gasteiger partial charge in [0.15, 0.2) is 0 Å². The van der Waals surface area contributed by atoms with Gasteiger partial charge in [-0.15, -0.1) is 0 Å². The molecule has 0 radical (unpaired) electrons. The first-order valence-electron chi connectivity index (χ1n) is 7.09. The van der Waals surface area contributed by atoms with Gasteiger partial charge >= 0.3 is 0 Å². The average Bonchev–Trinajstić information content (AvgIpc) is 3.04. The molecule has 0 amide bonds. The van der Waals surface area contributed by atoms with E-state index in [0.717, 1.165) is 37.1 Å². The second-order valence-corrected chi connectivity index (χ2v) is 5.49. The molecule has 0 bridgehead atoms.